The third-order valence-electron chi connectivity index (χ3n) is 4.15. The van der Waals surface area contributed by atoms with Crippen molar-refractivity contribution in [3.63, 3.8) is 0 Å². The minimum absolute atomic E-state index is 0.0419. The number of fused-ring (bicyclic) bond motifs is 1. The Balaban J connectivity index is 1.73. The molecule has 9 heteroatoms. The fourth-order valence-corrected chi connectivity index (χ4v) is 3.89. The van der Waals surface area contributed by atoms with E-state index in [9.17, 15) is 18.0 Å². The third-order valence-corrected chi connectivity index (χ3v) is 5.70. The molecule has 0 fully saturated rings. The Hall–Kier alpha value is -3.17. The number of esters is 1. The standard InChI is InChI=1S/C20H19NO7S/c1-13(21-29(24,25)16-6-4-3-5-7-16)20(23)27-12-14-10-19(22)28-18-11-15(26-2)8-9-17(14)18/h3-11,13,21H,12H2,1-2H3/t13-/m0/s1. The van der Waals surface area contributed by atoms with Gasteiger partial charge >= 0.3 is 11.6 Å². The van der Waals surface area contributed by atoms with E-state index in [1.54, 1.807) is 36.4 Å². The normalized spacial score (nSPS) is 12.5. The van der Waals surface area contributed by atoms with Gasteiger partial charge in [-0.3, -0.25) is 4.79 Å². The highest BCUT2D eigenvalue weighted by atomic mass is 32.2. The molecule has 29 heavy (non-hydrogen) atoms. The fraction of sp³-hybridized carbons (Fsp3) is 0.200. The number of methoxy groups -OCH3 is 1. The Bertz CT molecular complexity index is 1190. The van der Waals surface area contributed by atoms with Gasteiger partial charge in [0.05, 0.1) is 12.0 Å². The van der Waals surface area contributed by atoms with Gasteiger partial charge in [0.15, 0.2) is 0 Å². The number of benzene rings is 2. The maximum absolute atomic E-state index is 12.3. The first-order valence-electron chi connectivity index (χ1n) is 8.65. The number of carbonyl (C=O) groups excluding carboxylic acids is 1. The van der Waals surface area contributed by atoms with Crippen molar-refractivity contribution in [1.82, 2.24) is 4.72 Å². The Morgan fingerprint density at radius 2 is 1.86 bits per heavy atom. The second-order valence-electron chi connectivity index (χ2n) is 6.22. The van der Waals surface area contributed by atoms with Crippen molar-refractivity contribution in [1.29, 1.82) is 0 Å². The summed E-state index contributed by atoms with van der Waals surface area (Å²) in [4.78, 5) is 24.1. The van der Waals surface area contributed by atoms with E-state index < -0.39 is 27.7 Å². The molecule has 0 amide bonds. The van der Waals surface area contributed by atoms with Crippen molar-refractivity contribution >= 4 is 27.0 Å². The van der Waals surface area contributed by atoms with Crippen LogP contribution in [0.1, 0.15) is 12.5 Å². The lowest BCUT2D eigenvalue weighted by Crippen LogP contribution is -2.39. The molecule has 0 aliphatic carbocycles. The first-order valence-corrected chi connectivity index (χ1v) is 10.1. The molecule has 2 aromatic carbocycles. The molecule has 0 unspecified atom stereocenters. The molecule has 0 saturated heterocycles. The molecule has 0 radical (unpaired) electrons. The summed E-state index contributed by atoms with van der Waals surface area (Å²) < 4.78 is 42.4. The lowest BCUT2D eigenvalue weighted by atomic mass is 10.1. The number of nitrogens with one attached hydrogen (secondary N) is 1. The van der Waals surface area contributed by atoms with Crippen molar-refractivity contribution in [2.24, 2.45) is 0 Å². The molecule has 8 nitrogen and oxygen atoms in total. The molecular weight excluding hydrogens is 398 g/mol. The summed E-state index contributed by atoms with van der Waals surface area (Å²) in [6, 6.07) is 12.7. The molecule has 1 heterocycles. The van der Waals surface area contributed by atoms with Gasteiger partial charge in [-0.1, -0.05) is 18.2 Å². The highest BCUT2D eigenvalue weighted by Gasteiger charge is 2.23. The van der Waals surface area contributed by atoms with E-state index in [2.05, 4.69) is 4.72 Å². The molecule has 1 N–H and O–H groups in total. The summed E-state index contributed by atoms with van der Waals surface area (Å²) in [5, 5.41) is 0.579. The summed E-state index contributed by atoms with van der Waals surface area (Å²) in [7, 11) is -2.38. The Labute approximate surface area is 167 Å². The predicted molar refractivity (Wildman–Crippen MR) is 105 cm³/mol. The van der Waals surface area contributed by atoms with Crippen LogP contribution in [0.4, 0.5) is 0 Å². The fourth-order valence-electron chi connectivity index (χ4n) is 2.68. The number of hydrogen-bond donors (Lipinski definition) is 1. The monoisotopic (exact) mass is 417 g/mol. The third kappa shape index (κ3) is 4.82. The molecule has 3 rings (SSSR count). The molecule has 0 aliphatic rings. The van der Waals surface area contributed by atoms with Crippen molar-refractivity contribution in [2.75, 3.05) is 7.11 Å². The summed E-state index contributed by atoms with van der Waals surface area (Å²) in [6.45, 7) is 1.16. The molecule has 1 aromatic heterocycles. The molecule has 0 aliphatic heterocycles. The lowest BCUT2D eigenvalue weighted by molar-refractivity contribution is -0.146. The van der Waals surface area contributed by atoms with E-state index in [0.29, 0.717) is 22.3 Å². The Kier molecular flexibility index (Phi) is 6.00. The SMILES string of the molecule is COc1ccc2c(COC(=O)[C@H](C)NS(=O)(=O)c3ccccc3)cc(=O)oc2c1. The van der Waals surface area contributed by atoms with Crippen molar-refractivity contribution in [3.05, 3.63) is 70.6 Å². The summed E-state index contributed by atoms with van der Waals surface area (Å²) in [5.41, 5.74) is 0.126. The van der Waals surface area contributed by atoms with E-state index in [4.69, 9.17) is 13.9 Å². The molecule has 0 spiro atoms. The Morgan fingerprint density at radius 3 is 2.55 bits per heavy atom. The van der Waals surface area contributed by atoms with Gasteiger partial charge in [0.2, 0.25) is 10.0 Å². The van der Waals surface area contributed by atoms with Gasteiger partial charge in [-0.25, -0.2) is 13.2 Å². The largest absolute Gasteiger partial charge is 0.497 e. The lowest BCUT2D eigenvalue weighted by Gasteiger charge is -2.14. The minimum atomic E-state index is -3.87. The maximum atomic E-state index is 12.3. The first kappa shape index (κ1) is 20.6. The zero-order chi connectivity index (χ0) is 21.0. The van der Waals surface area contributed by atoms with Gasteiger partial charge in [0.1, 0.15) is 24.0 Å². The summed E-state index contributed by atoms with van der Waals surface area (Å²) >= 11 is 0. The minimum Gasteiger partial charge on any atom is -0.497 e. The average Bonchev–Trinajstić information content (AvgIpc) is 2.71. The van der Waals surface area contributed by atoms with Crippen molar-refractivity contribution in [3.8, 4) is 5.75 Å². The van der Waals surface area contributed by atoms with Crippen LogP contribution in [0.5, 0.6) is 5.75 Å². The van der Waals surface area contributed by atoms with Crippen LogP contribution in [-0.4, -0.2) is 27.5 Å². The zero-order valence-corrected chi connectivity index (χ0v) is 16.6. The van der Waals surface area contributed by atoms with Gasteiger partial charge < -0.3 is 13.9 Å². The maximum Gasteiger partial charge on any atom is 0.336 e. The van der Waals surface area contributed by atoms with Gasteiger partial charge in [0.25, 0.3) is 0 Å². The summed E-state index contributed by atoms with van der Waals surface area (Å²) in [5.74, 6) is -0.266. The zero-order valence-electron chi connectivity index (χ0n) is 15.7. The topological polar surface area (TPSA) is 112 Å². The quantitative estimate of drug-likeness (QED) is 0.463. The predicted octanol–water partition coefficient (Wildman–Crippen LogP) is 2.21. The highest BCUT2D eigenvalue weighted by molar-refractivity contribution is 7.89. The van der Waals surface area contributed by atoms with E-state index in [1.165, 1.54) is 32.2 Å². The number of carbonyl (C=O) groups is 1. The first-order chi connectivity index (χ1) is 13.8. The van der Waals surface area contributed by atoms with E-state index in [-0.39, 0.29) is 11.5 Å². The molecule has 1 atom stereocenters. The van der Waals surface area contributed by atoms with E-state index in [1.807, 2.05) is 0 Å². The molecule has 3 aromatic rings. The molecule has 0 saturated carbocycles. The van der Waals surface area contributed by atoms with E-state index in [0.717, 1.165) is 0 Å². The average molecular weight is 417 g/mol. The highest BCUT2D eigenvalue weighted by Crippen LogP contribution is 2.23. The van der Waals surface area contributed by atoms with Crippen molar-refractivity contribution < 1.29 is 27.1 Å². The van der Waals surface area contributed by atoms with Gasteiger partial charge in [0, 0.05) is 23.1 Å². The van der Waals surface area contributed by atoms with Gasteiger partial charge in [-0.15, -0.1) is 0 Å². The number of rotatable bonds is 7. The van der Waals surface area contributed by atoms with Crippen LogP contribution >= 0.6 is 0 Å². The van der Waals surface area contributed by atoms with Gasteiger partial charge in [-0.2, -0.15) is 4.72 Å². The molecule has 152 valence electrons. The van der Waals surface area contributed by atoms with Crippen LogP contribution in [-0.2, 0) is 26.2 Å². The van der Waals surface area contributed by atoms with Gasteiger partial charge in [-0.05, 0) is 31.2 Å². The van der Waals surface area contributed by atoms with Crippen molar-refractivity contribution in [2.45, 2.75) is 24.5 Å². The van der Waals surface area contributed by atoms with Crippen LogP contribution in [0.2, 0.25) is 0 Å². The smallest absolute Gasteiger partial charge is 0.336 e. The number of hydrogen-bond acceptors (Lipinski definition) is 7. The molecular formula is C20H19NO7S. The number of ether oxygens (including phenoxy) is 2. The van der Waals surface area contributed by atoms with Crippen LogP contribution < -0.4 is 15.1 Å². The van der Waals surface area contributed by atoms with Crippen LogP contribution in [0.25, 0.3) is 11.0 Å². The van der Waals surface area contributed by atoms with Crippen LogP contribution in [0.15, 0.2) is 68.7 Å². The van der Waals surface area contributed by atoms with E-state index >= 15 is 0 Å². The van der Waals surface area contributed by atoms with Crippen LogP contribution in [0, 0.1) is 0 Å². The summed E-state index contributed by atoms with van der Waals surface area (Å²) in [6.07, 6.45) is 0. The second-order valence-corrected chi connectivity index (χ2v) is 7.93. The molecule has 0 bridgehead atoms. The number of sulfonamides is 1. The Morgan fingerprint density at radius 1 is 1.14 bits per heavy atom. The van der Waals surface area contributed by atoms with Crippen LogP contribution in [0.3, 0.4) is 0 Å². The second kappa shape index (κ2) is 8.46.